The van der Waals surface area contributed by atoms with E-state index in [9.17, 15) is 0 Å². The normalized spacial score (nSPS) is 8.82. The fraction of sp³-hybridized carbons (Fsp3) is 0.143. The summed E-state index contributed by atoms with van der Waals surface area (Å²) >= 11 is 0. The molecule has 0 aliphatic rings. The van der Waals surface area contributed by atoms with Crippen LogP contribution in [0.25, 0.3) is 0 Å². The summed E-state index contributed by atoms with van der Waals surface area (Å²) in [5.74, 6) is -0.236. The van der Waals surface area contributed by atoms with E-state index in [2.05, 4.69) is 0 Å². The van der Waals surface area contributed by atoms with Gasteiger partial charge in [0.25, 0.3) is 0 Å². The van der Waals surface area contributed by atoms with Crippen LogP contribution in [0, 0.1) is 0 Å². The highest BCUT2D eigenvalue weighted by Crippen LogP contribution is 2.24. The van der Waals surface area contributed by atoms with Crippen LogP contribution in [0.5, 0.6) is 11.5 Å². The van der Waals surface area contributed by atoms with Gasteiger partial charge in [-0.2, -0.15) is 0 Å². The Labute approximate surface area is 76.7 Å². The molecule has 0 saturated carbocycles. The fourth-order valence-corrected chi connectivity index (χ4v) is 0.696. The molecule has 0 unspecified atom stereocenters. The van der Waals surface area contributed by atoms with E-state index < -0.39 is 0 Å². The number of phenols is 2. The maximum absolute atomic E-state index is 8.93. The first-order valence-electron chi connectivity index (χ1n) is 2.95. The number of halogens is 1. The van der Waals surface area contributed by atoms with Gasteiger partial charge in [-0.15, -0.1) is 0 Å². The van der Waals surface area contributed by atoms with Gasteiger partial charge in [-0.25, -0.2) is 0 Å². The molecule has 62 valence electrons. The highest BCUT2D eigenvalue weighted by Gasteiger charge is 1.97. The van der Waals surface area contributed by atoms with E-state index in [0.717, 1.165) is 5.56 Å². The van der Waals surface area contributed by atoms with Gasteiger partial charge in [-0.1, -0.05) is 6.07 Å². The minimum absolute atomic E-state index is 0. The summed E-state index contributed by atoms with van der Waals surface area (Å²) in [6.07, 6.45) is 0. The molecule has 0 aliphatic heterocycles. The molecule has 0 fully saturated rings. The molecule has 0 aromatic heterocycles. The van der Waals surface area contributed by atoms with Crippen LogP contribution in [0.2, 0.25) is 0 Å². The SMILES string of the molecule is NCc1ccc(O)c(O)c1.[Br-].[H+]. The molecule has 0 radical (unpaired) electrons. The third kappa shape index (κ3) is 2.40. The summed E-state index contributed by atoms with van der Waals surface area (Å²) in [7, 11) is 0. The zero-order valence-electron chi connectivity index (χ0n) is 6.79. The number of nitrogens with two attached hydrogens (primary N) is 1. The predicted octanol–water partition coefficient (Wildman–Crippen LogP) is -2.33. The molecule has 4 N–H and O–H groups in total. The number of rotatable bonds is 1. The van der Waals surface area contributed by atoms with Crippen molar-refractivity contribution >= 4 is 0 Å². The van der Waals surface area contributed by atoms with Crippen LogP contribution in [0.15, 0.2) is 18.2 Å². The lowest BCUT2D eigenvalue weighted by Crippen LogP contribution is -3.00. The Morgan fingerprint density at radius 3 is 2.36 bits per heavy atom. The van der Waals surface area contributed by atoms with Gasteiger partial charge in [-0.3, -0.25) is 0 Å². The van der Waals surface area contributed by atoms with Crippen molar-refractivity contribution in [3.63, 3.8) is 0 Å². The number of aromatic hydroxyl groups is 2. The first-order chi connectivity index (χ1) is 4.74. The largest absolute Gasteiger partial charge is 1.00 e. The van der Waals surface area contributed by atoms with Gasteiger partial charge < -0.3 is 32.9 Å². The molecule has 0 amide bonds. The van der Waals surface area contributed by atoms with E-state index in [0.29, 0.717) is 6.54 Å². The Morgan fingerprint density at radius 2 is 1.91 bits per heavy atom. The summed E-state index contributed by atoms with van der Waals surface area (Å²) in [5, 5.41) is 17.8. The standard InChI is InChI=1S/C7H9NO2.BrH/c8-4-5-1-2-6(9)7(10)3-5;/h1-3,9-10H,4,8H2;1H. The number of phenolic OH excluding ortho intramolecular Hbond substituents is 2. The van der Waals surface area contributed by atoms with Crippen LogP contribution >= 0.6 is 0 Å². The molecule has 0 aliphatic carbocycles. The third-order valence-corrected chi connectivity index (χ3v) is 1.28. The molecular weight excluding hydrogens is 210 g/mol. The van der Waals surface area contributed by atoms with Crippen LogP contribution in [-0.2, 0) is 6.54 Å². The second-order valence-electron chi connectivity index (χ2n) is 2.03. The van der Waals surface area contributed by atoms with Gasteiger partial charge in [0.1, 0.15) is 0 Å². The minimum Gasteiger partial charge on any atom is -1.00 e. The van der Waals surface area contributed by atoms with E-state index in [4.69, 9.17) is 15.9 Å². The average molecular weight is 220 g/mol. The molecule has 11 heavy (non-hydrogen) atoms. The molecule has 4 heteroatoms. The Hall–Kier alpha value is -0.740. The van der Waals surface area contributed by atoms with Crippen LogP contribution in [0.4, 0.5) is 0 Å². The third-order valence-electron chi connectivity index (χ3n) is 1.28. The van der Waals surface area contributed by atoms with Gasteiger partial charge >= 0.3 is 1.43 Å². The summed E-state index contributed by atoms with van der Waals surface area (Å²) in [6.45, 7) is 0.369. The van der Waals surface area contributed by atoms with Gasteiger partial charge in [-0.05, 0) is 17.7 Å². The molecule has 0 heterocycles. The quantitative estimate of drug-likeness (QED) is 0.465. The Balaban J connectivity index is 0. The summed E-state index contributed by atoms with van der Waals surface area (Å²) in [6, 6.07) is 4.52. The molecule has 1 rings (SSSR count). The second kappa shape index (κ2) is 4.20. The molecule has 1 aromatic carbocycles. The van der Waals surface area contributed by atoms with Crippen molar-refractivity contribution in [2.24, 2.45) is 5.73 Å². The van der Waals surface area contributed by atoms with E-state index in [1.54, 1.807) is 6.07 Å². The Kier molecular flexibility index (Phi) is 3.92. The Bertz CT molecular complexity index is 245. The molecule has 3 nitrogen and oxygen atoms in total. The first-order valence-corrected chi connectivity index (χ1v) is 2.95. The average Bonchev–Trinajstić information content (AvgIpc) is 1.95. The fourth-order valence-electron chi connectivity index (χ4n) is 0.696. The van der Waals surface area contributed by atoms with Gasteiger partial charge in [0.2, 0.25) is 0 Å². The van der Waals surface area contributed by atoms with Gasteiger partial charge in [0, 0.05) is 6.54 Å². The van der Waals surface area contributed by atoms with Crippen molar-refractivity contribution in [3.8, 4) is 11.5 Å². The van der Waals surface area contributed by atoms with Crippen LogP contribution in [-0.4, -0.2) is 10.2 Å². The lowest BCUT2D eigenvalue weighted by atomic mass is 10.2. The smallest absolute Gasteiger partial charge is 1.00 e. The van der Waals surface area contributed by atoms with E-state index >= 15 is 0 Å². The van der Waals surface area contributed by atoms with Crippen molar-refractivity contribution in [1.29, 1.82) is 0 Å². The maximum atomic E-state index is 8.93. The minimum atomic E-state index is -0.122. The van der Waals surface area contributed by atoms with Crippen molar-refractivity contribution in [1.82, 2.24) is 0 Å². The second-order valence-corrected chi connectivity index (χ2v) is 2.03. The molecule has 0 spiro atoms. The van der Waals surface area contributed by atoms with Gasteiger partial charge in [0.05, 0.1) is 0 Å². The van der Waals surface area contributed by atoms with Crippen LogP contribution in [0.3, 0.4) is 0 Å². The molecule has 0 bridgehead atoms. The van der Waals surface area contributed by atoms with E-state index in [1.807, 2.05) is 0 Å². The van der Waals surface area contributed by atoms with Crippen LogP contribution in [0.1, 0.15) is 6.99 Å². The summed E-state index contributed by atoms with van der Waals surface area (Å²) < 4.78 is 0. The van der Waals surface area contributed by atoms with Crippen molar-refractivity contribution in [3.05, 3.63) is 23.8 Å². The van der Waals surface area contributed by atoms with E-state index in [-0.39, 0.29) is 29.9 Å². The van der Waals surface area contributed by atoms with Crippen molar-refractivity contribution in [2.45, 2.75) is 6.54 Å². The first kappa shape index (κ1) is 10.3. The number of hydrogen-bond acceptors (Lipinski definition) is 3. The maximum Gasteiger partial charge on any atom is 1.00 e. The zero-order valence-corrected chi connectivity index (χ0v) is 7.37. The lowest BCUT2D eigenvalue weighted by Gasteiger charge is -1.98. The predicted molar refractivity (Wildman–Crippen MR) is 38.8 cm³/mol. The van der Waals surface area contributed by atoms with Gasteiger partial charge in [0.15, 0.2) is 11.5 Å². The van der Waals surface area contributed by atoms with E-state index in [1.165, 1.54) is 12.1 Å². The highest BCUT2D eigenvalue weighted by atomic mass is 79.9. The zero-order chi connectivity index (χ0) is 7.56. The molecule has 1 aromatic rings. The molecule has 0 atom stereocenters. The monoisotopic (exact) mass is 219 g/mol. The lowest BCUT2D eigenvalue weighted by molar-refractivity contribution is -0.00000393. The molecule has 0 saturated heterocycles. The summed E-state index contributed by atoms with van der Waals surface area (Å²) in [4.78, 5) is 0. The highest BCUT2D eigenvalue weighted by molar-refractivity contribution is 5.40. The van der Waals surface area contributed by atoms with Crippen LogP contribution < -0.4 is 22.7 Å². The topological polar surface area (TPSA) is 66.5 Å². The number of benzene rings is 1. The summed E-state index contributed by atoms with van der Waals surface area (Å²) in [5.41, 5.74) is 6.08. The Morgan fingerprint density at radius 1 is 1.27 bits per heavy atom. The number of hydrogen-bond donors (Lipinski definition) is 3. The van der Waals surface area contributed by atoms with Crippen molar-refractivity contribution < 1.29 is 28.6 Å². The van der Waals surface area contributed by atoms with Crippen molar-refractivity contribution in [2.75, 3.05) is 0 Å². The molecular formula is C7H10BrNO2.